The van der Waals surface area contributed by atoms with E-state index in [2.05, 4.69) is 10.3 Å². The lowest BCUT2D eigenvalue weighted by Gasteiger charge is -2.30. The van der Waals surface area contributed by atoms with Gasteiger partial charge in [0.2, 0.25) is 17.7 Å². The highest BCUT2D eigenvalue weighted by molar-refractivity contribution is 8.00. The van der Waals surface area contributed by atoms with E-state index < -0.39 is 39.7 Å². The minimum absolute atomic E-state index is 0.164. The molecule has 2 aliphatic rings. The number of rotatable bonds is 6. The van der Waals surface area contributed by atoms with Crippen molar-refractivity contribution >= 4 is 57.9 Å². The molecular weight excluding hydrogens is 554 g/mol. The van der Waals surface area contributed by atoms with Gasteiger partial charge in [-0.15, -0.1) is 0 Å². The Bertz CT molecular complexity index is 1700. The number of hydrogen-bond acceptors (Lipinski definition) is 9. The average Bonchev–Trinajstić information content (AvgIpc) is 3.40. The Balaban J connectivity index is 1.39. The predicted octanol–water partition coefficient (Wildman–Crippen LogP) is 3.65. The number of anilines is 2. The molecule has 0 bridgehead atoms. The number of aromatic nitrogens is 2. The van der Waals surface area contributed by atoms with E-state index in [0.29, 0.717) is 21.2 Å². The summed E-state index contributed by atoms with van der Waals surface area (Å²) in [5.74, 6) is -2.85. The lowest BCUT2D eigenvalue weighted by atomic mass is 9.84. The Hall–Kier alpha value is -4.62. The van der Waals surface area contributed by atoms with Crippen LogP contribution in [0.3, 0.4) is 0 Å². The zero-order chi connectivity index (χ0) is 28.0. The van der Waals surface area contributed by atoms with Gasteiger partial charge in [-0.3, -0.25) is 38.8 Å². The Morgan fingerprint density at radius 3 is 2.42 bits per heavy atom. The maximum atomic E-state index is 13.8. The summed E-state index contributed by atoms with van der Waals surface area (Å²) in [5, 5.41) is 13.4. The lowest BCUT2D eigenvalue weighted by molar-refractivity contribution is -0.384. The molecule has 0 spiro atoms. The molecule has 200 valence electrons. The fourth-order valence-electron chi connectivity index (χ4n) is 5.02. The van der Waals surface area contributed by atoms with Gasteiger partial charge < -0.3 is 5.32 Å². The summed E-state index contributed by atoms with van der Waals surface area (Å²) in [6.07, 6.45) is 3.19. The summed E-state index contributed by atoms with van der Waals surface area (Å²) in [6.45, 7) is -0.266. The van der Waals surface area contributed by atoms with Crippen molar-refractivity contribution in [1.82, 2.24) is 9.55 Å². The van der Waals surface area contributed by atoms with Gasteiger partial charge in [-0.1, -0.05) is 47.4 Å². The first kappa shape index (κ1) is 25.6. The lowest BCUT2D eigenvalue weighted by Crippen LogP contribution is -2.33. The smallest absolute Gasteiger partial charge is 0.308 e. The van der Waals surface area contributed by atoms with Crippen molar-refractivity contribution in [3.05, 3.63) is 109 Å². The number of pyridine rings is 1. The Morgan fingerprint density at radius 1 is 1.00 bits per heavy atom. The summed E-state index contributed by atoms with van der Waals surface area (Å²) in [7, 11) is 0. The largest absolute Gasteiger partial charge is 0.325 e. The molecule has 0 aliphatic carbocycles. The molecule has 4 aromatic rings. The fraction of sp³-hybridized carbons (Fsp3) is 0.148. The molecule has 0 unspecified atom stereocenters. The van der Waals surface area contributed by atoms with E-state index in [-0.39, 0.29) is 22.8 Å². The van der Waals surface area contributed by atoms with Crippen LogP contribution in [0.2, 0.25) is 0 Å². The van der Waals surface area contributed by atoms with Gasteiger partial charge in [0.25, 0.3) is 5.69 Å². The number of nitro benzene ring substituents is 1. The number of para-hydroxylation sites is 1. The van der Waals surface area contributed by atoms with Gasteiger partial charge >= 0.3 is 4.87 Å². The van der Waals surface area contributed by atoms with Gasteiger partial charge in [0, 0.05) is 41.0 Å². The fourth-order valence-corrected chi connectivity index (χ4v) is 7.79. The third kappa shape index (κ3) is 4.38. The van der Waals surface area contributed by atoms with Crippen LogP contribution in [0.1, 0.15) is 16.4 Å². The van der Waals surface area contributed by atoms with Crippen LogP contribution in [0.5, 0.6) is 0 Å². The van der Waals surface area contributed by atoms with Gasteiger partial charge in [-0.25, -0.2) is 4.90 Å². The highest BCUT2D eigenvalue weighted by Crippen LogP contribution is 2.53. The number of nitrogens with zero attached hydrogens (tertiary/aromatic N) is 4. The SMILES string of the molecule is O=C(Cn1c2c(sc1=O)[C@@H](c1cccnc1)[C@H]1C(=O)N(c3ccc([N+](=O)[O-])cc3)C(=O)[C@H]1S2)Nc1ccccc1. The van der Waals surface area contributed by atoms with Crippen LogP contribution >= 0.6 is 23.1 Å². The van der Waals surface area contributed by atoms with Crippen molar-refractivity contribution in [1.29, 1.82) is 0 Å². The molecule has 1 saturated heterocycles. The molecule has 3 amide bonds. The first-order valence-corrected chi connectivity index (χ1v) is 13.8. The summed E-state index contributed by atoms with van der Waals surface area (Å²) in [6, 6.07) is 17.6. The third-order valence-corrected chi connectivity index (χ3v) is 9.37. The minimum Gasteiger partial charge on any atom is -0.325 e. The Labute approximate surface area is 234 Å². The minimum atomic E-state index is -0.877. The number of benzene rings is 2. The van der Waals surface area contributed by atoms with Gasteiger partial charge in [0.05, 0.1) is 21.6 Å². The van der Waals surface area contributed by atoms with Gasteiger partial charge in [-0.2, -0.15) is 0 Å². The van der Waals surface area contributed by atoms with Crippen LogP contribution in [-0.2, 0) is 20.9 Å². The molecule has 13 heteroatoms. The number of fused-ring (bicyclic) bond motifs is 2. The van der Waals surface area contributed by atoms with Crippen molar-refractivity contribution in [2.24, 2.45) is 5.92 Å². The average molecular weight is 574 g/mol. The molecular formula is C27H19N5O6S2. The molecule has 1 N–H and O–H groups in total. The first-order valence-electron chi connectivity index (χ1n) is 12.1. The van der Waals surface area contributed by atoms with Crippen LogP contribution in [0.15, 0.2) is 88.9 Å². The van der Waals surface area contributed by atoms with E-state index in [1.165, 1.54) is 28.8 Å². The molecule has 3 atom stereocenters. The molecule has 11 nitrogen and oxygen atoms in total. The normalized spacial score (nSPS) is 19.7. The number of amides is 3. The van der Waals surface area contributed by atoms with Gasteiger partial charge in [0.1, 0.15) is 11.8 Å². The number of thiazole rings is 1. The van der Waals surface area contributed by atoms with Crippen LogP contribution in [0.4, 0.5) is 17.1 Å². The summed E-state index contributed by atoms with van der Waals surface area (Å²) in [5.41, 5.74) is 1.31. The number of thioether (sulfide) groups is 1. The first-order chi connectivity index (χ1) is 19.3. The van der Waals surface area contributed by atoms with E-state index >= 15 is 0 Å². The highest BCUT2D eigenvalue weighted by atomic mass is 32.2. The van der Waals surface area contributed by atoms with Crippen molar-refractivity contribution in [3.8, 4) is 0 Å². The molecule has 2 aromatic heterocycles. The van der Waals surface area contributed by atoms with Crippen molar-refractivity contribution in [3.63, 3.8) is 0 Å². The van der Waals surface area contributed by atoms with E-state index in [1.54, 1.807) is 48.8 Å². The second-order valence-electron chi connectivity index (χ2n) is 9.15. The number of non-ortho nitro benzene ring substituents is 1. The molecule has 0 radical (unpaired) electrons. The van der Waals surface area contributed by atoms with Crippen molar-refractivity contribution in [2.75, 3.05) is 10.2 Å². The molecule has 0 saturated carbocycles. The second kappa shape index (κ2) is 10.2. The van der Waals surface area contributed by atoms with Gasteiger partial charge in [0.15, 0.2) is 0 Å². The van der Waals surface area contributed by atoms with E-state index in [4.69, 9.17) is 0 Å². The number of imide groups is 1. The highest BCUT2D eigenvalue weighted by Gasteiger charge is 2.57. The predicted molar refractivity (Wildman–Crippen MR) is 148 cm³/mol. The van der Waals surface area contributed by atoms with Crippen LogP contribution in [-0.4, -0.2) is 37.4 Å². The topological polar surface area (TPSA) is 145 Å². The zero-order valence-electron chi connectivity index (χ0n) is 20.5. The molecule has 4 heterocycles. The second-order valence-corrected chi connectivity index (χ2v) is 11.3. The third-order valence-electron chi connectivity index (χ3n) is 6.77. The van der Waals surface area contributed by atoms with Crippen molar-refractivity contribution < 1.29 is 19.3 Å². The van der Waals surface area contributed by atoms with Crippen LogP contribution < -0.4 is 15.1 Å². The van der Waals surface area contributed by atoms with Crippen LogP contribution in [0.25, 0.3) is 0 Å². The number of nitro groups is 1. The molecule has 1 fully saturated rings. The molecule has 2 aliphatic heterocycles. The maximum Gasteiger partial charge on any atom is 0.308 e. The monoisotopic (exact) mass is 573 g/mol. The number of carbonyl (C=O) groups excluding carboxylic acids is 3. The number of hydrogen-bond donors (Lipinski definition) is 1. The van der Waals surface area contributed by atoms with Crippen molar-refractivity contribution in [2.45, 2.75) is 22.7 Å². The van der Waals surface area contributed by atoms with E-state index in [9.17, 15) is 29.3 Å². The Kier molecular flexibility index (Phi) is 6.52. The van der Waals surface area contributed by atoms with E-state index in [0.717, 1.165) is 28.0 Å². The number of nitrogens with one attached hydrogen (secondary N) is 1. The Morgan fingerprint density at radius 2 is 1.75 bits per heavy atom. The summed E-state index contributed by atoms with van der Waals surface area (Å²) >= 11 is 2.04. The molecule has 6 rings (SSSR count). The zero-order valence-corrected chi connectivity index (χ0v) is 22.1. The standard InChI is InChI=1S/C27H19N5O6S2/c33-19(29-16-6-2-1-3-7-16)14-30-26-23(40-27(30)36)20(15-5-4-12-28-13-15)21-22(39-26)25(35)31(24(21)34)17-8-10-18(11-9-17)32(37)38/h1-13,20-22H,14H2,(H,29,33)/t20-,21+,22-/m0/s1. The molecule has 40 heavy (non-hydrogen) atoms. The summed E-state index contributed by atoms with van der Waals surface area (Å²) < 4.78 is 1.34. The van der Waals surface area contributed by atoms with Gasteiger partial charge in [-0.05, 0) is 35.9 Å². The maximum absolute atomic E-state index is 13.8. The van der Waals surface area contributed by atoms with E-state index in [1.807, 2.05) is 6.07 Å². The number of carbonyl (C=O) groups is 3. The van der Waals surface area contributed by atoms with Crippen LogP contribution in [0, 0.1) is 16.0 Å². The quantitative estimate of drug-likeness (QED) is 0.209. The molecule has 2 aromatic carbocycles. The summed E-state index contributed by atoms with van der Waals surface area (Å²) in [4.78, 5) is 69.6.